The van der Waals surface area contributed by atoms with E-state index in [1.807, 2.05) is 11.9 Å². The van der Waals surface area contributed by atoms with Gasteiger partial charge in [0.1, 0.15) is 5.56 Å². The predicted molar refractivity (Wildman–Crippen MR) is 65.3 cm³/mol. The lowest BCUT2D eigenvalue weighted by Gasteiger charge is -2.33. The summed E-state index contributed by atoms with van der Waals surface area (Å²) in [7, 11) is 3.47. The highest BCUT2D eigenvalue weighted by Crippen LogP contribution is 2.21. The van der Waals surface area contributed by atoms with Gasteiger partial charge in [-0.2, -0.15) is 0 Å². The van der Waals surface area contributed by atoms with E-state index in [0.717, 1.165) is 26.2 Å². The van der Waals surface area contributed by atoms with E-state index in [2.05, 4.69) is 15.1 Å². The number of piperazine rings is 1. The standard InChI is InChI=1S/C11H16N4O3/c1-14-3-5-15(6-4-14)10-8(11(16)17)7-9(18-2)12-13-10/h7H,3-6H2,1-2H3,(H,16,17). The molecule has 0 saturated carbocycles. The Morgan fingerprint density at radius 2 is 2.00 bits per heavy atom. The summed E-state index contributed by atoms with van der Waals surface area (Å²) in [4.78, 5) is 15.4. The molecule has 2 heterocycles. The molecule has 1 aromatic heterocycles. The van der Waals surface area contributed by atoms with E-state index in [1.165, 1.54) is 13.2 Å². The van der Waals surface area contributed by atoms with E-state index in [9.17, 15) is 9.90 Å². The fourth-order valence-corrected chi connectivity index (χ4v) is 1.88. The summed E-state index contributed by atoms with van der Waals surface area (Å²) >= 11 is 0. The van der Waals surface area contributed by atoms with Crippen molar-refractivity contribution < 1.29 is 14.6 Å². The zero-order valence-electron chi connectivity index (χ0n) is 10.5. The van der Waals surface area contributed by atoms with Crippen LogP contribution < -0.4 is 9.64 Å². The van der Waals surface area contributed by atoms with Crippen molar-refractivity contribution in [3.8, 4) is 5.88 Å². The molecule has 0 spiro atoms. The van der Waals surface area contributed by atoms with Crippen LogP contribution >= 0.6 is 0 Å². The van der Waals surface area contributed by atoms with E-state index in [4.69, 9.17) is 4.74 Å². The molecule has 1 saturated heterocycles. The van der Waals surface area contributed by atoms with Gasteiger partial charge in [0, 0.05) is 32.2 Å². The van der Waals surface area contributed by atoms with E-state index in [-0.39, 0.29) is 11.4 Å². The van der Waals surface area contributed by atoms with Crippen LogP contribution in [-0.4, -0.2) is 66.5 Å². The molecule has 1 N–H and O–H groups in total. The number of ether oxygens (including phenoxy) is 1. The first-order valence-corrected chi connectivity index (χ1v) is 5.70. The molecule has 0 unspecified atom stereocenters. The van der Waals surface area contributed by atoms with E-state index >= 15 is 0 Å². The van der Waals surface area contributed by atoms with Gasteiger partial charge in [-0.1, -0.05) is 0 Å². The van der Waals surface area contributed by atoms with Gasteiger partial charge < -0.3 is 19.6 Å². The maximum absolute atomic E-state index is 11.2. The van der Waals surface area contributed by atoms with Crippen LogP contribution in [0.4, 0.5) is 5.82 Å². The van der Waals surface area contributed by atoms with Crippen LogP contribution in [0.25, 0.3) is 0 Å². The third kappa shape index (κ3) is 2.51. The highest BCUT2D eigenvalue weighted by Gasteiger charge is 2.22. The third-order valence-corrected chi connectivity index (χ3v) is 2.99. The molecule has 18 heavy (non-hydrogen) atoms. The second-order valence-corrected chi connectivity index (χ2v) is 4.22. The summed E-state index contributed by atoms with van der Waals surface area (Å²) < 4.78 is 4.90. The van der Waals surface area contributed by atoms with E-state index < -0.39 is 5.97 Å². The highest BCUT2D eigenvalue weighted by molar-refractivity contribution is 5.93. The second kappa shape index (κ2) is 5.18. The van der Waals surface area contributed by atoms with Crippen LogP contribution in [0.2, 0.25) is 0 Å². The van der Waals surface area contributed by atoms with Gasteiger partial charge >= 0.3 is 5.97 Å². The molecule has 0 bridgehead atoms. The Balaban J connectivity index is 2.29. The fraction of sp³-hybridized carbons (Fsp3) is 0.545. The lowest BCUT2D eigenvalue weighted by atomic mass is 10.2. The van der Waals surface area contributed by atoms with Crippen molar-refractivity contribution in [1.29, 1.82) is 0 Å². The van der Waals surface area contributed by atoms with Crippen LogP contribution in [0, 0.1) is 0 Å². The van der Waals surface area contributed by atoms with E-state index in [1.54, 1.807) is 0 Å². The Bertz CT molecular complexity index is 444. The number of hydrogen-bond donors (Lipinski definition) is 1. The van der Waals surface area contributed by atoms with Gasteiger partial charge in [-0.05, 0) is 7.05 Å². The lowest BCUT2D eigenvalue weighted by Crippen LogP contribution is -2.45. The first kappa shape index (κ1) is 12.6. The number of hydrogen-bond acceptors (Lipinski definition) is 6. The van der Waals surface area contributed by atoms with Crippen molar-refractivity contribution in [1.82, 2.24) is 15.1 Å². The molecule has 0 atom stereocenters. The summed E-state index contributed by atoms with van der Waals surface area (Å²) in [6.45, 7) is 3.26. The zero-order valence-corrected chi connectivity index (χ0v) is 10.5. The second-order valence-electron chi connectivity index (χ2n) is 4.22. The Kier molecular flexibility index (Phi) is 3.61. The minimum Gasteiger partial charge on any atom is -0.480 e. The molecule has 0 amide bonds. The molecular weight excluding hydrogens is 236 g/mol. The normalized spacial score (nSPS) is 16.7. The van der Waals surface area contributed by atoms with Crippen molar-refractivity contribution in [2.45, 2.75) is 0 Å². The Labute approximate surface area is 105 Å². The van der Waals surface area contributed by atoms with Crippen molar-refractivity contribution >= 4 is 11.8 Å². The van der Waals surface area contributed by atoms with Gasteiger partial charge in [0.25, 0.3) is 0 Å². The topological polar surface area (TPSA) is 78.8 Å². The highest BCUT2D eigenvalue weighted by atomic mass is 16.5. The molecular formula is C11H16N4O3. The number of rotatable bonds is 3. The molecule has 1 aliphatic heterocycles. The maximum atomic E-state index is 11.2. The number of likely N-dealkylation sites (N-methyl/N-ethyl adjacent to an activating group) is 1. The number of methoxy groups -OCH3 is 1. The molecule has 2 rings (SSSR count). The number of nitrogens with zero attached hydrogens (tertiary/aromatic N) is 4. The summed E-state index contributed by atoms with van der Waals surface area (Å²) in [6, 6.07) is 1.41. The largest absolute Gasteiger partial charge is 0.480 e. The Morgan fingerprint density at radius 1 is 1.33 bits per heavy atom. The van der Waals surface area contributed by atoms with Crippen molar-refractivity contribution in [3.63, 3.8) is 0 Å². The minimum atomic E-state index is -1.02. The zero-order chi connectivity index (χ0) is 13.1. The summed E-state index contributed by atoms with van der Waals surface area (Å²) in [5.74, 6) is -0.390. The molecule has 7 nitrogen and oxygen atoms in total. The van der Waals surface area contributed by atoms with Gasteiger partial charge in [-0.3, -0.25) is 0 Å². The van der Waals surface area contributed by atoms with Crippen LogP contribution in [-0.2, 0) is 0 Å². The van der Waals surface area contributed by atoms with Gasteiger partial charge in [0.15, 0.2) is 5.82 Å². The predicted octanol–water partition coefficient (Wildman–Crippen LogP) is -0.0648. The first-order valence-electron chi connectivity index (χ1n) is 5.70. The van der Waals surface area contributed by atoms with Crippen LogP contribution in [0.3, 0.4) is 0 Å². The van der Waals surface area contributed by atoms with Gasteiger partial charge in [0.2, 0.25) is 5.88 Å². The van der Waals surface area contributed by atoms with Crippen molar-refractivity contribution in [3.05, 3.63) is 11.6 Å². The number of carboxylic acid groups (broad SMARTS) is 1. The molecule has 1 aliphatic rings. The fourth-order valence-electron chi connectivity index (χ4n) is 1.88. The quantitative estimate of drug-likeness (QED) is 0.807. The third-order valence-electron chi connectivity index (χ3n) is 2.99. The molecule has 0 aliphatic carbocycles. The van der Waals surface area contributed by atoms with Crippen LogP contribution in [0.15, 0.2) is 6.07 Å². The molecule has 0 radical (unpaired) electrons. The Hall–Kier alpha value is -1.89. The number of carboxylic acids is 1. The van der Waals surface area contributed by atoms with Crippen molar-refractivity contribution in [2.75, 3.05) is 45.2 Å². The van der Waals surface area contributed by atoms with Gasteiger partial charge in [-0.15, -0.1) is 10.2 Å². The average molecular weight is 252 g/mol. The van der Waals surface area contributed by atoms with E-state index in [0.29, 0.717) is 5.82 Å². The number of aromatic carboxylic acids is 1. The van der Waals surface area contributed by atoms with Crippen LogP contribution in [0.1, 0.15) is 10.4 Å². The maximum Gasteiger partial charge on any atom is 0.339 e. The first-order chi connectivity index (χ1) is 8.61. The average Bonchev–Trinajstić information content (AvgIpc) is 2.39. The number of anilines is 1. The monoisotopic (exact) mass is 252 g/mol. The summed E-state index contributed by atoms with van der Waals surface area (Å²) in [5.41, 5.74) is 0.131. The smallest absolute Gasteiger partial charge is 0.339 e. The summed E-state index contributed by atoms with van der Waals surface area (Å²) in [5, 5.41) is 17.0. The van der Waals surface area contributed by atoms with Crippen LogP contribution in [0.5, 0.6) is 5.88 Å². The summed E-state index contributed by atoms with van der Waals surface area (Å²) in [6.07, 6.45) is 0. The van der Waals surface area contributed by atoms with Gasteiger partial charge in [-0.25, -0.2) is 4.79 Å². The number of aromatic nitrogens is 2. The lowest BCUT2D eigenvalue weighted by molar-refractivity contribution is 0.0696. The molecule has 0 aromatic carbocycles. The Morgan fingerprint density at radius 3 is 2.56 bits per heavy atom. The minimum absolute atomic E-state index is 0.131. The molecule has 7 heteroatoms. The molecule has 1 fully saturated rings. The van der Waals surface area contributed by atoms with Crippen molar-refractivity contribution in [2.24, 2.45) is 0 Å². The molecule has 98 valence electrons. The molecule has 1 aromatic rings. The van der Waals surface area contributed by atoms with Gasteiger partial charge in [0.05, 0.1) is 7.11 Å². The number of carbonyl (C=O) groups is 1. The SMILES string of the molecule is COc1cc(C(=O)O)c(N2CCN(C)CC2)nn1.